The highest BCUT2D eigenvalue weighted by Crippen LogP contribution is 2.20. The van der Waals surface area contributed by atoms with Gasteiger partial charge in [0, 0.05) is 16.2 Å². The van der Waals surface area contributed by atoms with Crippen molar-refractivity contribution in [2.45, 2.75) is 13.8 Å². The van der Waals surface area contributed by atoms with E-state index in [2.05, 4.69) is 5.32 Å². The van der Waals surface area contributed by atoms with Crippen LogP contribution >= 0.6 is 11.6 Å². The molecule has 114 valence electrons. The van der Waals surface area contributed by atoms with E-state index in [4.69, 9.17) is 22.6 Å². The Bertz CT molecular complexity index is 702. The Labute approximate surface area is 132 Å². The molecule has 1 rings (SSSR count). The predicted molar refractivity (Wildman–Crippen MR) is 80.8 cm³/mol. The van der Waals surface area contributed by atoms with E-state index in [1.807, 2.05) is 6.07 Å². The number of hydrogen-bond donors (Lipinski definition) is 2. The van der Waals surface area contributed by atoms with Gasteiger partial charge in [-0.2, -0.15) is 5.26 Å². The number of rotatable bonds is 6. The molecule has 7 heteroatoms. The molecule has 22 heavy (non-hydrogen) atoms. The molecule has 1 aromatic carbocycles. The van der Waals surface area contributed by atoms with Gasteiger partial charge in [0.05, 0.1) is 17.3 Å². The number of amides is 2. The van der Waals surface area contributed by atoms with E-state index in [9.17, 15) is 14.4 Å². The summed E-state index contributed by atoms with van der Waals surface area (Å²) in [6.07, 6.45) is 0.286. The van der Waals surface area contributed by atoms with E-state index in [0.29, 0.717) is 0 Å². The van der Waals surface area contributed by atoms with Gasteiger partial charge in [0.1, 0.15) is 0 Å². The van der Waals surface area contributed by atoms with Gasteiger partial charge in [-0.05, 0) is 24.1 Å². The quantitative estimate of drug-likeness (QED) is 0.470. The van der Waals surface area contributed by atoms with E-state index < -0.39 is 11.7 Å². The molecule has 0 atom stereocenters. The molecule has 3 N–H and O–H groups in total. The molecule has 2 amide bonds. The first kappa shape index (κ1) is 17.4. The Balaban J connectivity index is 3.51. The first-order valence-electron chi connectivity index (χ1n) is 6.31. The highest BCUT2D eigenvalue weighted by molar-refractivity contribution is 6.31. The lowest BCUT2D eigenvalue weighted by atomic mass is 9.95. The number of hydrogen-bond acceptors (Lipinski definition) is 4. The molecule has 0 saturated heterocycles. The molecular weight excluding hydrogens is 306 g/mol. The zero-order valence-electron chi connectivity index (χ0n) is 12.0. The van der Waals surface area contributed by atoms with Crippen LogP contribution < -0.4 is 11.1 Å². The van der Waals surface area contributed by atoms with Crippen molar-refractivity contribution in [3.63, 3.8) is 0 Å². The van der Waals surface area contributed by atoms with Crippen molar-refractivity contribution < 1.29 is 14.4 Å². The molecule has 0 aromatic heterocycles. The molecular formula is C15H14ClN3O3. The number of allylic oxidation sites excluding steroid dienone is 1. The maximum atomic E-state index is 12.6. The fourth-order valence-corrected chi connectivity index (χ4v) is 2.19. The number of nitriles is 1. The van der Waals surface area contributed by atoms with Gasteiger partial charge in [0.2, 0.25) is 18.1 Å². The van der Waals surface area contributed by atoms with E-state index in [0.717, 1.165) is 0 Å². The van der Waals surface area contributed by atoms with Gasteiger partial charge < -0.3 is 11.1 Å². The minimum absolute atomic E-state index is 0.00409. The number of nitrogens with one attached hydrogen (secondary N) is 1. The summed E-state index contributed by atoms with van der Waals surface area (Å²) >= 11 is 5.86. The van der Waals surface area contributed by atoms with Crippen molar-refractivity contribution in [2.24, 2.45) is 11.7 Å². The van der Waals surface area contributed by atoms with Crippen LogP contribution in [0.5, 0.6) is 0 Å². The third-order valence-corrected chi connectivity index (χ3v) is 3.05. The lowest BCUT2D eigenvalue weighted by Crippen LogP contribution is -2.29. The molecule has 0 bridgehead atoms. The fraction of sp³-hybridized carbons (Fsp3) is 0.200. The number of nitrogens with zero attached hydrogens (tertiary/aromatic N) is 1. The predicted octanol–water partition coefficient (Wildman–Crippen LogP) is 1.54. The number of halogens is 1. The van der Waals surface area contributed by atoms with Crippen molar-refractivity contribution in [1.29, 1.82) is 5.26 Å². The second-order valence-corrected chi connectivity index (χ2v) is 5.18. The Morgan fingerprint density at radius 1 is 1.36 bits per heavy atom. The summed E-state index contributed by atoms with van der Waals surface area (Å²) < 4.78 is 0. The van der Waals surface area contributed by atoms with Crippen LogP contribution in [-0.2, 0) is 9.59 Å². The van der Waals surface area contributed by atoms with E-state index in [-0.39, 0.29) is 39.7 Å². The van der Waals surface area contributed by atoms with Gasteiger partial charge >= 0.3 is 0 Å². The minimum Gasteiger partial charge on any atom is -0.366 e. The Morgan fingerprint density at radius 2 is 2.00 bits per heavy atom. The Morgan fingerprint density at radius 3 is 2.45 bits per heavy atom. The molecule has 0 aliphatic heterocycles. The largest absolute Gasteiger partial charge is 0.366 e. The van der Waals surface area contributed by atoms with Gasteiger partial charge in [-0.25, -0.2) is 0 Å². The van der Waals surface area contributed by atoms with Gasteiger partial charge in [-0.1, -0.05) is 25.4 Å². The van der Waals surface area contributed by atoms with E-state index in [1.54, 1.807) is 13.8 Å². The second-order valence-electron chi connectivity index (χ2n) is 4.74. The number of nitrogens with two attached hydrogens (primary N) is 1. The molecule has 0 saturated carbocycles. The lowest BCUT2D eigenvalue weighted by molar-refractivity contribution is -0.115. The second kappa shape index (κ2) is 7.38. The highest BCUT2D eigenvalue weighted by Gasteiger charge is 2.23. The SMILES string of the molecule is CC(C)/C(C(N)=O)=C(/NC=O)C(=O)c1cc(Cl)cc(C#N)c1. The fourth-order valence-electron chi connectivity index (χ4n) is 1.95. The van der Waals surface area contributed by atoms with Crippen LogP contribution in [0.4, 0.5) is 0 Å². The number of carbonyl (C=O) groups is 3. The third kappa shape index (κ3) is 3.93. The van der Waals surface area contributed by atoms with Crippen molar-refractivity contribution in [3.8, 4) is 6.07 Å². The first-order chi connectivity index (χ1) is 10.3. The first-order valence-corrected chi connectivity index (χ1v) is 6.69. The number of benzene rings is 1. The number of Topliss-reactive ketones (excluding diaryl/α,β-unsaturated/α-hetero) is 1. The van der Waals surface area contributed by atoms with Crippen LogP contribution in [0.25, 0.3) is 0 Å². The summed E-state index contributed by atoms with van der Waals surface area (Å²) in [6, 6.07) is 5.93. The highest BCUT2D eigenvalue weighted by atomic mass is 35.5. The monoisotopic (exact) mass is 319 g/mol. The molecule has 0 heterocycles. The van der Waals surface area contributed by atoms with Crippen LogP contribution in [0.3, 0.4) is 0 Å². The maximum Gasteiger partial charge on any atom is 0.247 e. The van der Waals surface area contributed by atoms with Crippen LogP contribution in [-0.4, -0.2) is 18.1 Å². The van der Waals surface area contributed by atoms with Gasteiger partial charge in [-0.3, -0.25) is 14.4 Å². The molecule has 6 nitrogen and oxygen atoms in total. The zero-order chi connectivity index (χ0) is 16.9. The van der Waals surface area contributed by atoms with Gasteiger partial charge in [0.25, 0.3) is 0 Å². The Hall–Kier alpha value is -2.65. The normalized spacial score (nSPS) is 11.4. The minimum atomic E-state index is -0.810. The topological polar surface area (TPSA) is 113 Å². The summed E-state index contributed by atoms with van der Waals surface area (Å²) in [5, 5.41) is 11.3. The van der Waals surface area contributed by atoms with Crippen molar-refractivity contribution >= 4 is 29.7 Å². The number of carbonyl (C=O) groups excluding carboxylic acids is 3. The van der Waals surface area contributed by atoms with Crippen LogP contribution in [0.15, 0.2) is 29.5 Å². The van der Waals surface area contributed by atoms with Gasteiger partial charge in [-0.15, -0.1) is 0 Å². The summed E-state index contributed by atoms with van der Waals surface area (Å²) in [7, 11) is 0. The van der Waals surface area contributed by atoms with Crippen LogP contribution in [0.1, 0.15) is 29.8 Å². The Kier molecular flexibility index (Phi) is 5.84. The van der Waals surface area contributed by atoms with Crippen molar-refractivity contribution in [3.05, 3.63) is 45.6 Å². The molecule has 0 aliphatic carbocycles. The smallest absolute Gasteiger partial charge is 0.247 e. The third-order valence-electron chi connectivity index (χ3n) is 2.83. The van der Waals surface area contributed by atoms with E-state index in [1.165, 1.54) is 18.2 Å². The standard InChI is InChI=1S/C15H14ClN3O3/c1-8(2)12(15(18)22)13(19-7-20)14(21)10-3-9(6-17)4-11(16)5-10/h3-5,7-8H,1-2H3,(H2,18,22)(H,19,20)/b13-12-. The summed E-state index contributed by atoms with van der Waals surface area (Å²) in [4.78, 5) is 34.9. The van der Waals surface area contributed by atoms with E-state index >= 15 is 0 Å². The number of ketones is 1. The van der Waals surface area contributed by atoms with Crippen molar-refractivity contribution in [2.75, 3.05) is 0 Å². The summed E-state index contributed by atoms with van der Waals surface area (Å²) in [5.41, 5.74) is 5.33. The molecule has 0 fully saturated rings. The average Bonchev–Trinajstić information content (AvgIpc) is 2.44. The lowest BCUT2D eigenvalue weighted by Gasteiger charge is -2.14. The van der Waals surface area contributed by atoms with Crippen molar-refractivity contribution in [1.82, 2.24) is 5.32 Å². The maximum absolute atomic E-state index is 12.6. The summed E-state index contributed by atoms with van der Waals surface area (Å²) in [5.74, 6) is -1.83. The zero-order valence-corrected chi connectivity index (χ0v) is 12.8. The van der Waals surface area contributed by atoms with Crippen LogP contribution in [0, 0.1) is 17.2 Å². The van der Waals surface area contributed by atoms with Crippen LogP contribution in [0.2, 0.25) is 5.02 Å². The summed E-state index contributed by atoms with van der Waals surface area (Å²) in [6.45, 7) is 3.33. The number of primary amides is 1. The molecule has 0 spiro atoms. The molecule has 0 radical (unpaired) electrons. The molecule has 0 aliphatic rings. The molecule has 1 aromatic rings. The van der Waals surface area contributed by atoms with Gasteiger partial charge in [0.15, 0.2) is 0 Å². The average molecular weight is 320 g/mol. The molecule has 0 unspecified atom stereocenters.